The zero-order valence-corrected chi connectivity index (χ0v) is 16.7. The Kier molecular flexibility index (Phi) is 7.69. The molecule has 27 heavy (non-hydrogen) atoms. The van der Waals surface area contributed by atoms with Crippen LogP contribution in [-0.4, -0.2) is 41.7 Å². The van der Waals surface area contributed by atoms with Gasteiger partial charge in [-0.25, -0.2) is 4.68 Å². The maximum atomic E-state index is 11.9. The average Bonchev–Trinajstić information content (AvgIpc) is 3.10. The number of nitrogens with zero attached hydrogens (tertiary/aromatic N) is 3. The van der Waals surface area contributed by atoms with E-state index in [0.717, 1.165) is 0 Å². The van der Waals surface area contributed by atoms with E-state index in [9.17, 15) is 4.79 Å². The molecule has 0 saturated carbocycles. The van der Waals surface area contributed by atoms with Gasteiger partial charge in [0.05, 0.1) is 10.7 Å². The third kappa shape index (κ3) is 5.74. The number of hydrogen-bond acceptors (Lipinski definition) is 5. The number of rotatable bonds is 8. The van der Waals surface area contributed by atoms with Crippen LogP contribution in [-0.2, 0) is 9.63 Å². The summed E-state index contributed by atoms with van der Waals surface area (Å²) >= 11 is 12.1. The molecular formula is C18H20Cl2N4O3. The standard InChI is InChI=1S/C18H20Cl2N4O3/c1-4-27-23-17(18(25)21-3)12(2)8-10-26-16-7-9-24(22-16)15-6-5-13(19)11-14(15)20/h5-9,11H,4,10H2,1-3H3,(H,21,25)/b12-8-,23-17+. The summed E-state index contributed by atoms with van der Waals surface area (Å²) < 4.78 is 7.20. The largest absolute Gasteiger partial charge is 0.472 e. The Morgan fingerprint density at radius 3 is 2.81 bits per heavy atom. The van der Waals surface area contributed by atoms with Crippen molar-refractivity contribution in [3.8, 4) is 11.6 Å². The Balaban J connectivity index is 2.05. The summed E-state index contributed by atoms with van der Waals surface area (Å²) in [6, 6.07) is 6.85. The van der Waals surface area contributed by atoms with Crippen LogP contribution in [0.25, 0.3) is 5.69 Å². The Hall–Kier alpha value is -2.51. The molecular weight excluding hydrogens is 391 g/mol. The third-order valence-corrected chi connectivity index (χ3v) is 3.98. The normalized spacial score (nSPS) is 12.0. The van der Waals surface area contributed by atoms with E-state index in [0.29, 0.717) is 33.8 Å². The van der Waals surface area contributed by atoms with Gasteiger partial charge in [0.15, 0.2) is 5.71 Å². The van der Waals surface area contributed by atoms with E-state index in [-0.39, 0.29) is 18.2 Å². The first-order valence-electron chi connectivity index (χ1n) is 8.19. The minimum absolute atomic E-state index is 0.196. The molecule has 1 heterocycles. The highest BCUT2D eigenvalue weighted by Gasteiger charge is 2.13. The van der Waals surface area contributed by atoms with Crippen LogP contribution >= 0.6 is 23.2 Å². The van der Waals surface area contributed by atoms with Gasteiger partial charge in [0.1, 0.15) is 13.2 Å². The number of oxime groups is 1. The van der Waals surface area contributed by atoms with Gasteiger partial charge in [0, 0.05) is 24.3 Å². The zero-order valence-electron chi connectivity index (χ0n) is 15.2. The Morgan fingerprint density at radius 2 is 2.15 bits per heavy atom. The Labute approximate surface area is 167 Å². The van der Waals surface area contributed by atoms with Crippen LogP contribution in [0.3, 0.4) is 0 Å². The Morgan fingerprint density at radius 1 is 1.37 bits per heavy atom. The van der Waals surface area contributed by atoms with E-state index in [1.165, 1.54) is 7.05 Å². The van der Waals surface area contributed by atoms with Gasteiger partial charge in [-0.2, -0.15) is 0 Å². The van der Waals surface area contributed by atoms with Crippen LogP contribution < -0.4 is 10.1 Å². The molecule has 0 atom stereocenters. The fourth-order valence-electron chi connectivity index (χ4n) is 2.07. The third-order valence-electron chi connectivity index (χ3n) is 3.44. The summed E-state index contributed by atoms with van der Waals surface area (Å²) in [4.78, 5) is 16.9. The van der Waals surface area contributed by atoms with E-state index in [1.54, 1.807) is 55.1 Å². The number of halogens is 2. The quantitative estimate of drug-likeness (QED) is 0.532. The lowest BCUT2D eigenvalue weighted by molar-refractivity contribution is -0.114. The summed E-state index contributed by atoms with van der Waals surface area (Å²) in [5.41, 5.74) is 1.51. The molecule has 2 rings (SSSR count). The summed E-state index contributed by atoms with van der Waals surface area (Å²) in [7, 11) is 1.53. The van der Waals surface area contributed by atoms with Gasteiger partial charge < -0.3 is 14.9 Å². The van der Waals surface area contributed by atoms with Gasteiger partial charge in [-0.15, -0.1) is 5.10 Å². The highest BCUT2D eigenvalue weighted by atomic mass is 35.5. The average molecular weight is 411 g/mol. The molecule has 0 saturated heterocycles. The summed E-state index contributed by atoms with van der Waals surface area (Å²) in [6.07, 6.45) is 3.45. The van der Waals surface area contributed by atoms with Crippen LogP contribution in [0.2, 0.25) is 10.0 Å². The first-order valence-corrected chi connectivity index (χ1v) is 8.95. The molecule has 1 aromatic heterocycles. The van der Waals surface area contributed by atoms with Crippen molar-refractivity contribution in [2.75, 3.05) is 20.3 Å². The number of amides is 1. The van der Waals surface area contributed by atoms with E-state index >= 15 is 0 Å². The van der Waals surface area contributed by atoms with Crippen molar-refractivity contribution in [3.63, 3.8) is 0 Å². The molecule has 0 unspecified atom stereocenters. The second-order valence-electron chi connectivity index (χ2n) is 5.33. The molecule has 0 spiro atoms. The first kappa shape index (κ1) is 20.8. The van der Waals surface area contributed by atoms with Crippen LogP contribution in [0.15, 0.2) is 47.3 Å². The lowest BCUT2D eigenvalue weighted by Crippen LogP contribution is -2.28. The van der Waals surface area contributed by atoms with Gasteiger partial charge in [0.2, 0.25) is 5.88 Å². The Bertz CT molecular complexity index is 862. The molecule has 0 fully saturated rings. The maximum absolute atomic E-state index is 11.9. The van der Waals surface area contributed by atoms with Crippen molar-refractivity contribution in [1.82, 2.24) is 15.1 Å². The van der Waals surface area contributed by atoms with Crippen molar-refractivity contribution >= 4 is 34.8 Å². The van der Waals surface area contributed by atoms with Gasteiger partial charge in [-0.05, 0) is 43.7 Å². The second-order valence-corrected chi connectivity index (χ2v) is 6.17. The van der Waals surface area contributed by atoms with Crippen LogP contribution in [0.1, 0.15) is 13.8 Å². The van der Waals surface area contributed by atoms with E-state index < -0.39 is 0 Å². The summed E-state index contributed by atoms with van der Waals surface area (Å²) in [6.45, 7) is 4.12. The molecule has 1 amide bonds. The smallest absolute Gasteiger partial charge is 0.273 e. The summed E-state index contributed by atoms with van der Waals surface area (Å²) in [5.74, 6) is 0.0761. The number of carbonyl (C=O) groups excluding carboxylic acids is 1. The van der Waals surface area contributed by atoms with Gasteiger partial charge in [-0.1, -0.05) is 28.4 Å². The highest BCUT2D eigenvalue weighted by Crippen LogP contribution is 2.24. The monoisotopic (exact) mass is 410 g/mol. The maximum Gasteiger partial charge on any atom is 0.273 e. The molecule has 1 aromatic carbocycles. The molecule has 144 valence electrons. The lowest BCUT2D eigenvalue weighted by Gasteiger charge is -2.06. The molecule has 0 radical (unpaired) electrons. The fourth-order valence-corrected chi connectivity index (χ4v) is 2.57. The molecule has 7 nitrogen and oxygen atoms in total. The molecule has 9 heteroatoms. The predicted molar refractivity (Wildman–Crippen MR) is 106 cm³/mol. The second kappa shape index (κ2) is 9.99. The van der Waals surface area contributed by atoms with Gasteiger partial charge in [0.25, 0.3) is 5.91 Å². The molecule has 0 aliphatic rings. The van der Waals surface area contributed by atoms with E-state index in [1.807, 2.05) is 0 Å². The number of aromatic nitrogens is 2. The first-order chi connectivity index (χ1) is 13.0. The fraction of sp³-hybridized carbons (Fsp3) is 0.278. The molecule has 0 bridgehead atoms. The zero-order chi connectivity index (χ0) is 19.8. The van der Waals surface area contributed by atoms with Crippen molar-refractivity contribution in [2.45, 2.75) is 13.8 Å². The topological polar surface area (TPSA) is 77.7 Å². The number of nitrogens with one attached hydrogen (secondary N) is 1. The SMILES string of the molecule is CCO/N=C(C(=O)NC)\C(C)=C/COc1ccn(-c2ccc(Cl)cc2Cl)n1. The van der Waals surface area contributed by atoms with E-state index in [4.69, 9.17) is 32.8 Å². The molecule has 0 aliphatic carbocycles. The number of benzene rings is 1. The number of ether oxygens (including phenoxy) is 1. The van der Waals surface area contributed by atoms with Crippen LogP contribution in [0.4, 0.5) is 0 Å². The van der Waals surface area contributed by atoms with Gasteiger partial charge >= 0.3 is 0 Å². The van der Waals surface area contributed by atoms with Crippen molar-refractivity contribution in [2.24, 2.45) is 5.16 Å². The van der Waals surface area contributed by atoms with Crippen molar-refractivity contribution in [1.29, 1.82) is 0 Å². The van der Waals surface area contributed by atoms with Crippen molar-refractivity contribution < 1.29 is 14.4 Å². The van der Waals surface area contributed by atoms with Crippen LogP contribution in [0, 0.1) is 0 Å². The highest BCUT2D eigenvalue weighted by molar-refractivity contribution is 6.45. The molecule has 0 aliphatic heterocycles. The van der Waals surface area contributed by atoms with Crippen molar-refractivity contribution in [3.05, 3.63) is 52.2 Å². The molecule has 2 aromatic rings. The van der Waals surface area contributed by atoms with Crippen LogP contribution in [0.5, 0.6) is 5.88 Å². The predicted octanol–water partition coefficient (Wildman–Crippen LogP) is 3.64. The minimum atomic E-state index is -0.334. The number of hydrogen-bond donors (Lipinski definition) is 1. The molecule has 1 N–H and O–H groups in total. The minimum Gasteiger partial charge on any atom is -0.472 e. The lowest BCUT2D eigenvalue weighted by atomic mass is 10.1. The number of carbonyl (C=O) groups is 1. The van der Waals surface area contributed by atoms with E-state index in [2.05, 4.69) is 15.6 Å². The summed E-state index contributed by atoms with van der Waals surface area (Å²) in [5, 5.41) is 11.7. The van der Waals surface area contributed by atoms with Gasteiger partial charge in [-0.3, -0.25) is 4.79 Å².